The predicted octanol–water partition coefficient (Wildman–Crippen LogP) is 3.23. The Morgan fingerprint density at radius 3 is 2.62 bits per heavy atom. The number of benzene rings is 2. The number of carbonyl (C=O) groups excluding carboxylic acids is 1. The summed E-state index contributed by atoms with van der Waals surface area (Å²) >= 11 is 0. The Balaban J connectivity index is 1.44. The fraction of sp³-hybridized carbons (Fsp3) is 0.409. The zero-order valence-electron chi connectivity index (χ0n) is 15.7. The number of rotatable bonds is 7. The summed E-state index contributed by atoms with van der Waals surface area (Å²) < 4.78 is 5.17. The maximum atomic E-state index is 12.5. The van der Waals surface area contributed by atoms with Gasteiger partial charge in [-0.1, -0.05) is 42.5 Å². The molecule has 0 radical (unpaired) electrons. The van der Waals surface area contributed by atoms with Gasteiger partial charge in [-0.25, -0.2) is 0 Å². The molecule has 1 fully saturated rings. The van der Waals surface area contributed by atoms with Gasteiger partial charge in [0.15, 0.2) is 0 Å². The second kappa shape index (κ2) is 8.86. The third kappa shape index (κ3) is 4.64. The average Bonchev–Trinajstić information content (AvgIpc) is 3.18. The van der Waals surface area contributed by atoms with Crippen LogP contribution in [0.5, 0.6) is 5.75 Å². The molecule has 1 N–H and O–H groups in total. The Bertz CT molecular complexity index is 700. The van der Waals surface area contributed by atoms with E-state index in [1.54, 1.807) is 7.11 Å². The van der Waals surface area contributed by atoms with E-state index in [0.717, 1.165) is 31.7 Å². The third-order valence-corrected chi connectivity index (χ3v) is 5.29. The maximum Gasteiger partial charge on any atom is 0.237 e. The lowest BCUT2D eigenvalue weighted by Crippen LogP contribution is -2.44. The molecule has 1 aliphatic rings. The lowest BCUT2D eigenvalue weighted by atomic mass is 9.99. The van der Waals surface area contributed by atoms with Crippen molar-refractivity contribution in [1.29, 1.82) is 0 Å². The van der Waals surface area contributed by atoms with Gasteiger partial charge in [0, 0.05) is 13.1 Å². The van der Waals surface area contributed by atoms with Crippen molar-refractivity contribution in [3.05, 3.63) is 65.7 Å². The molecular weight excluding hydrogens is 324 g/mol. The molecule has 0 spiro atoms. The summed E-state index contributed by atoms with van der Waals surface area (Å²) in [5.41, 5.74) is 2.58. The number of methoxy groups -OCH3 is 1. The molecule has 1 amide bonds. The van der Waals surface area contributed by atoms with E-state index in [0.29, 0.717) is 12.5 Å². The average molecular weight is 352 g/mol. The van der Waals surface area contributed by atoms with E-state index >= 15 is 0 Å². The van der Waals surface area contributed by atoms with E-state index < -0.39 is 0 Å². The Kier molecular flexibility index (Phi) is 6.29. The number of carbonyl (C=O) groups is 1. The molecule has 0 aromatic heterocycles. The lowest BCUT2D eigenvalue weighted by Gasteiger charge is -2.23. The first-order valence-electron chi connectivity index (χ1n) is 9.37. The lowest BCUT2D eigenvalue weighted by molar-refractivity contribution is -0.125. The van der Waals surface area contributed by atoms with Gasteiger partial charge in [0.05, 0.1) is 13.2 Å². The molecule has 4 nitrogen and oxygen atoms in total. The van der Waals surface area contributed by atoms with Crippen LogP contribution in [0.15, 0.2) is 54.6 Å². The summed E-state index contributed by atoms with van der Waals surface area (Å²) in [7, 11) is 1.66. The summed E-state index contributed by atoms with van der Waals surface area (Å²) in [5, 5.41) is 3.08. The van der Waals surface area contributed by atoms with Gasteiger partial charge < -0.3 is 10.1 Å². The molecule has 3 rings (SSSR count). The highest BCUT2D eigenvalue weighted by molar-refractivity contribution is 5.81. The summed E-state index contributed by atoms with van der Waals surface area (Å²) in [6, 6.07) is 18.5. The second-order valence-electron chi connectivity index (χ2n) is 6.96. The quantitative estimate of drug-likeness (QED) is 0.832. The highest BCUT2D eigenvalue weighted by atomic mass is 16.5. The minimum atomic E-state index is -0.0837. The number of amides is 1. The van der Waals surface area contributed by atoms with Gasteiger partial charge in [0.2, 0.25) is 5.91 Å². The minimum Gasteiger partial charge on any atom is -0.497 e. The molecule has 138 valence electrons. The topological polar surface area (TPSA) is 41.6 Å². The molecule has 1 saturated heterocycles. The van der Waals surface area contributed by atoms with Crippen LogP contribution in [0.3, 0.4) is 0 Å². The van der Waals surface area contributed by atoms with Crippen molar-refractivity contribution in [3.8, 4) is 5.75 Å². The molecule has 0 saturated carbocycles. The SMILES string of the molecule is COc1ccc(CCNC(=O)[C@H](C)N2CC[C@H](c3ccccc3)C2)cc1. The van der Waals surface area contributed by atoms with Crippen molar-refractivity contribution in [2.24, 2.45) is 0 Å². The van der Waals surface area contributed by atoms with Crippen LogP contribution >= 0.6 is 0 Å². The van der Waals surface area contributed by atoms with Crippen molar-refractivity contribution in [3.63, 3.8) is 0 Å². The standard InChI is InChI=1S/C22H28N2O2/c1-17(24-15-13-20(16-24)19-6-4-3-5-7-19)22(25)23-14-12-18-8-10-21(26-2)11-9-18/h3-11,17,20H,12-16H2,1-2H3,(H,23,25)/t17-,20-/m0/s1. The van der Waals surface area contributed by atoms with E-state index in [1.807, 2.05) is 31.2 Å². The first-order valence-corrected chi connectivity index (χ1v) is 9.37. The molecule has 0 bridgehead atoms. The Labute approximate surface area is 156 Å². The molecular formula is C22H28N2O2. The summed E-state index contributed by atoms with van der Waals surface area (Å²) in [6.45, 7) is 4.60. The van der Waals surface area contributed by atoms with E-state index in [2.05, 4.69) is 40.5 Å². The summed E-state index contributed by atoms with van der Waals surface area (Å²) in [5.74, 6) is 1.51. The zero-order valence-corrected chi connectivity index (χ0v) is 15.7. The maximum absolute atomic E-state index is 12.5. The van der Waals surface area contributed by atoms with Crippen molar-refractivity contribution < 1.29 is 9.53 Å². The molecule has 2 aromatic rings. The molecule has 1 heterocycles. The molecule has 2 atom stereocenters. The van der Waals surface area contributed by atoms with Gasteiger partial charge in [0.1, 0.15) is 5.75 Å². The van der Waals surface area contributed by atoms with Gasteiger partial charge in [-0.3, -0.25) is 9.69 Å². The van der Waals surface area contributed by atoms with E-state index in [9.17, 15) is 4.79 Å². The van der Waals surface area contributed by atoms with Gasteiger partial charge in [-0.05, 0) is 55.5 Å². The van der Waals surface area contributed by atoms with Gasteiger partial charge in [0.25, 0.3) is 0 Å². The van der Waals surface area contributed by atoms with Crippen molar-refractivity contribution in [2.75, 3.05) is 26.7 Å². The van der Waals surface area contributed by atoms with Crippen LogP contribution in [0, 0.1) is 0 Å². The fourth-order valence-electron chi connectivity index (χ4n) is 3.57. The van der Waals surface area contributed by atoms with E-state index in [4.69, 9.17) is 4.74 Å². The minimum absolute atomic E-state index is 0.0837. The zero-order chi connectivity index (χ0) is 18.4. The van der Waals surface area contributed by atoms with Gasteiger partial charge in [-0.2, -0.15) is 0 Å². The van der Waals surface area contributed by atoms with Crippen LogP contribution in [-0.2, 0) is 11.2 Å². The number of nitrogens with zero attached hydrogens (tertiary/aromatic N) is 1. The Morgan fingerprint density at radius 1 is 1.19 bits per heavy atom. The number of ether oxygens (including phenoxy) is 1. The second-order valence-corrected chi connectivity index (χ2v) is 6.96. The largest absolute Gasteiger partial charge is 0.497 e. The summed E-state index contributed by atoms with van der Waals surface area (Å²) in [6.07, 6.45) is 1.95. The third-order valence-electron chi connectivity index (χ3n) is 5.29. The van der Waals surface area contributed by atoms with Crippen molar-refractivity contribution >= 4 is 5.91 Å². The Morgan fingerprint density at radius 2 is 1.92 bits per heavy atom. The van der Waals surface area contributed by atoms with Crippen LogP contribution in [0.4, 0.5) is 0 Å². The molecule has 4 heteroatoms. The summed E-state index contributed by atoms with van der Waals surface area (Å²) in [4.78, 5) is 14.8. The van der Waals surface area contributed by atoms with Crippen LogP contribution in [0.25, 0.3) is 0 Å². The van der Waals surface area contributed by atoms with E-state index in [1.165, 1.54) is 11.1 Å². The van der Waals surface area contributed by atoms with Crippen LogP contribution in [0.1, 0.15) is 30.4 Å². The molecule has 2 aromatic carbocycles. The first-order chi connectivity index (χ1) is 12.7. The number of hydrogen-bond donors (Lipinski definition) is 1. The van der Waals surface area contributed by atoms with Crippen LogP contribution in [0.2, 0.25) is 0 Å². The van der Waals surface area contributed by atoms with E-state index in [-0.39, 0.29) is 11.9 Å². The first kappa shape index (κ1) is 18.5. The molecule has 26 heavy (non-hydrogen) atoms. The van der Waals surface area contributed by atoms with Crippen molar-refractivity contribution in [1.82, 2.24) is 10.2 Å². The molecule has 0 aliphatic carbocycles. The monoisotopic (exact) mass is 352 g/mol. The van der Waals surface area contributed by atoms with Crippen molar-refractivity contribution in [2.45, 2.75) is 31.7 Å². The highest BCUT2D eigenvalue weighted by Crippen LogP contribution is 2.28. The molecule has 0 unspecified atom stereocenters. The van der Waals surface area contributed by atoms with Crippen LogP contribution < -0.4 is 10.1 Å². The Hall–Kier alpha value is -2.33. The number of nitrogens with one attached hydrogen (secondary N) is 1. The highest BCUT2D eigenvalue weighted by Gasteiger charge is 2.30. The fourth-order valence-corrected chi connectivity index (χ4v) is 3.57. The molecule has 1 aliphatic heterocycles. The predicted molar refractivity (Wildman–Crippen MR) is 105 cm³/mol. The van der Waals surface area contributed by atoms with Gasteiger partial charge >= 0.3 is 0 Å². The smallest absolute Gasteiger partial charge is 0.237 e. The normalized spacial score (nSPS) is 18.5. The van der Waals surface area contributed by atoms with Crippen LogP contribution in [-0.4, -0.2) is 43.6 Å². The van der Waals surface area contributed by atoms with Gasteiger partial charge in [-0.15, -0.1) is 0 Å². The number of likely N-dealkylation sites (tertiary alicyclic amines) is 1. The number of hydrogen-bond acceptors (Lipinski definition) is 3.